The Morgan fingerprint density at radius 1 is 0.667 bits per heavy atom. The van der Waals surface area contributed by atoms with Crippen LogP contribution in [-0.2, 0) is 9.59 Å². The summed E-state index contributed by atoms with van der Waals surface area (Å²) in [6.45, 7) is 0. The molecule has 0 unspecified atom stereocenters. The fourth-order valence-corrected chi connectivity index (χ4v) is 2.13. The first kappa shape index (κ1) is 15.2. The highest BCUT2D eigenvalue weighted by Crippen LogP contribution is 2.23. The maximum absolute atomic E-state index is 11.6. The first-order chi connectivity index (χ1) is 11.6. The zero-order valence-electron chi connectivity index (χ0n) is 12.3. The normalized spacial score (nSPS) is 14.0. The molecular formula is C16H12N4O4. The van der Waals surface area contributed by atoms with E-state index in [4.69, 9.17) is 0 Å². The molecule has 8 heteroatoms. The van der Waals surface area contributed by atoms with Crippen LogP contribution in [-0.4, -0.2) is 33.8 Å². The van der Waals surface area contributed by atoms with Gasteiger partial charge in [-0.3, -0.25) is 0 Å². The second-order valence-electron chi connectivity index (χ2n) is 4.75. The van der Waals surface area contributed by atoms with E-state index in [0.717, 1.165) is 10.0 Å². The zero-order chi connectivity index (χ0) is 17.1. The van der Waals surface area contributed by atoms with Crippen LogP contribution in [0.25, 0.3) is 0 Å². The summed E-state index contributed by atoms with van der Waals surface area (Å²) in [7, 11) is 0. The van der Waals surface area contributed by atoms with Gasteiger partial charge in [-0.05, 0) is 24.3 Å². The number of hydrogen-bond donors (Lipinski definition) is 2. The molecule has 3 rings (SSSR count). The number of carboxylic acids is 2. The first-order valence-corrected chi connectivity index (χ1v) is 6.92. The van der Waals surface area contributed by atoms with Crippen LogP contribution < -0.4 is 10.0 Å². The Hall–Kier alpha value is -3.68. The lowest BCUT2D eigenvalue weighted by Gasteiger charge is -2.28. The molecule has 2 N–H and O–H groups in total. The van der Waals surface area contributed by atoms with Crippen molar-refractivity contribution in [2.45, 2.75) is 0 Å². The number of benzene rings is 2. The molecule has 0 aliphatic carbocycles. The smallest absolute Gasteiger partial charge is 0.375 e. The molecule has 2 aromatic carbocycles. The standard InChI is InChI=1S/C16H12N4O4/c21-15(22)13-18-20(12-9-5-2-6-10-12)14(16(23)24)17-19(13)11-7-3-1-4-8-11/h1-10H,(H,21,22)(H,23,24). The van der Waals surface area contributed by atoms with Gasteiger partial charge in [0.15, 0.2) is 0 Å². The number of amidine groups is 2. The first-order valence-electron chi connectivity index (χ1n) is 6.92. The monoisotopic (exact) mass is 324 g/mol. The molecule has 0 saturated heterocycles. The van der Waals surface area contributed by atoms with Crippen LogP contribution in [0.1, 0.15) is 0 Å². The lowest BCUT2D eigenvalue weighted by atomic mass is 10.3. The Balaban J connectivity index is 2.13. The van der Waals surface area contributed by atoms with Crippen LogP contribution in [0.15, 0.2) is 70.9 Å². The predicted octanol–water partition coefficient (Wildman–Crippen LogP) is 1.81. The Bertz CT molecular complexity index is 762. The van der Waals surface area contributed by atoms with E-state index in [1.807, 2.05) is 0 Å². The van der Waals surface area contributed by atoms with Crippen molar-refractivity contribution in [2.24, 2.45) is 10.2 Å². The third kappa shape index (κ3) is 2.80. The van der Waals surface area contributed by atoms with Gasteiger partial charge >= 0.3 is 11.9 Å². The zero-order valence-corrected chi connectivity index (χ0v) is 12.3. The number of nitrogens with zero attached hydrogens (tertiary/aromatic N) is 4. The minimum atomic E-state index is -1.33. The molecule has 24 heavy (non-hydrogen) atoms. The van der Waals surface area contributed by atoms with Gasteiger partial charge in [-0.15, -0.1) is 10.2 Å². The van der Waals surface area contributed by atoms with Crippen LogP contribution in [0.4, 0.5) is 11.4 Å². The van der Waals surface area contributed by atoms with Crippen molar-refractivity contribution in [3.05, 3.63) is 60.7 Å². The number of aliphatic carboxylic acids is 2. The van der Waals surface area contributed by atoms with Crippen LogP contribution >= 0.6 is 0 Å². The molecule has 1 aliphatic rings. The number of para-hydroxylation sites is 2. The molecule has 0 aromatic heterocycles. The molecule has 0 radical (unpaired) electrons. The molecule has 120 valence electrons. The van der Waals surface area contributed by atoms with E-state index >= 15 is 0 Å². The average molecular weight is 324 g/mol. The number of hydrazone groups is 2. The van der Waals surface area contributed by atoms with Gasteiger partial charge in [0.1, 0.15) is 0 Å². The van der Waals surface area contributed by atoms with Crippen molar-refractivity contribution >= 4 is 35.0 Å². The number of carboxylic acid groups (broad SMARTS) is 2. The van der Waals surface area contributed by atoms with Crippen molar-refractivity contribution in [1.82, 2.24) is 0 Å². The summed E-state index contributed by atoms with van der Waals surface area (Å²) in [5.74, 6) is -3.47. The van der Waals surface area contributed by atoms with E-state index in [0.29, 0.717) is 11.4 Å². The van der Waals surface area contributed by atoms with Gasteiger partial charge in [0.25, 0.3) is 11.7 Å². The fourth-order valence-electron chi connectivity index (χ4n) is 2.13. The highest BCUT2D eigenvalue weighted by molar-refractivity contribution is 6.46. The number of rotatable bonds is 4. The summed E-state index contributed by atoms with van der Waals surface area (Å²) in [6, 6.07) is 16.7. The van der Waals surface area contributed by atoms with Crippen LogP contribution in [0.3, 0.4) is 0 Å². The topological polar surface area (TPSA) is 106 Å². The quantitative estimate of drug-likeness (QED) is 0.888. The number of hydrogen-bond acceptors (Lipinski definition) is 6. The lowest BCUT2D eigenvalue weighted by Crippen LogP contribution is -2.46. The molecule has 8 nitrogen and oxygen atoms in total. The van der Waals surface area contributed by atoms with Crippen LogP contribution in [0, 0.1) is 0 Å². The van der Waals surface area contributed by atoms with Gasteiger partial charge in [-0.25, -0.2) is 19.6 Å². The minimum absolute atomic E-state index is 0.394. The summed E-state index contributed by atoms with van der Waals surface area (Å²) in [6.07, 6.45) is 0. The number of carbonyl (C=O) groups is 2. The summed E-state index contributed by atoms with van der Waals surface area (Å²) in [4.78, 5) is 23.2. The molecule has 0 bridgehead atoms. The molecule has 0 spiro atoms. The highest BCUT2D eigenvalue weighted by atomic mass is 16.4. The van der Waals surface area contributed by atoms with Crippen molar-refractivity contribution < 1.29 is 19.8 Å². The van der Waals surface area contributed by atoms with Gasteiger partial charge in [-0.2, -0.15) is 0 Å². The maximum atomic E-state index is 11.6. The Morgan fingerprint density at radius 3 is 1.29 bits per heavy atom. The molecule has 1 heterocycles. The molecule has 2 aromatic rings. The van der Waals surface area contributed by atoms with Crippen molar-refractivity contribution in [3.63, 3.8) is 0 Å². The van der Waals surface area contributed by atoms with E-state index in [2.05, 4.69) is 10.2 Å². The third-order valence-electron chi connectivity index (χ3n) is 3.17. The average Bonchev–Trinajstić information content (AvgIpc) is 2.62. The van der Waals surface area contributed by atoms with E-state index in [1.165, 1.54) is 0 Å². The van der Waals surface area contributed by atoms with Gasteiger partial charge in [-0.1, -0.05) is 36.4 Å². The second kappa shape index (κ2) is 6.21. The van der Waals surface area contributed by atoms with Crippen LogP contribution in [0.5, 0.6) is 0 Å². The van der Waals surface area contributed by atoms with Gasteiger partial charge in [0, 0.05) is 0 Å². The number of anilines is 2. The van der Waals surface area contributed by atoms with Gasteiger partial charge in [0.05, 0.1) is 11.4 Å². The van der Waals surface area contributed by atoms with E-state index in [-0.39, 0.29) is 0 Å². The fraction of sp³-hybridized carbons (Fsp3) is 0. The second-order valence-corrected chi connectivity index (χ2v) is 4.75. The molecular weight excluding hydrogens is 312 g/mol. The molecule has 0 fully saturated rings. The highest BCUT2D eigenvalue weighted by Gasteiger charge is 2.33. The van der Waals surface area contributed by atoms with E-state index in [1.54, 1.807) is 60.7 Å². The van der Waals surface area contributed by atoms with Gasteiger partial charge < -0.3 is 10.2 Å². The van der Waals surface area contributed by atoms with Crippen molar-refractivity contribution in [2.75, 3.05) is 10.0 Å². The minimum Gasteiger partial charge on any atom is -0.475 e. The summed E-state index contributed by atoms with van der Waals surface area (Å²) >= 11 is 0. The summed E-state index contributed by atoms with van der Waals surface area (Å²) in [5, 5.41) is 28.8. The molecule has 1 aliphatic heterocycles. The van der Waals surface area contributed by atoms with E-state index in [9.17, 15) is 19.8 Å². The Labute approximate surface area is 136 Å². The van der Waals surface area contributed by atoms with Crippen molar-refractivity contribution in [1.29, 1.82) is 0 Å². The molecule has 0 amide bonds. The van der Waals surface area contributed by atoms with Crippen molar-refractivity contribution in [3.8, 4) is 0 Å². The third-order valence-corrected chi connectivity index (χ3v) is 3.17. The van der Waals surface area contributed by atoms with E-state index < -0.39 is 23.6 Å². The Morgan fingerprint density at radius 2 is 1.00 bits per heavy atom. The largest absolute Gasteiger partial charge is 0.475 e. The molecule has 0 saturated carbocycles. The lowest BCUT2D eigenvalue weighted by molar-refractivity contribution is -0.130. The molecule has 0 atom stereocenters. The maximum Gasteiger partial charge on any atom is 0.375 e. The predicted molar refractivity (Wildman–Crippen MR) is 88.0 cm³/mol. The Kier molecular flexibility index (Phi) is 3.94. The summed E-state index contributed by atoms with van der Waals surface area (Å²) in [5.41, 5.74) is 0.787. The summed E-state index contributed by atoms with van der Waals surface area (Å²) < 4.78 is 0. The van der Waals surface area contributed by atoms with Gasteiger partial charge in [0.2, 0.25) is 0 Å². The van der Waals surface area contributed by atoms with Crippen LogP contribution in [0.2, 0.25) is 0 Å². The SMILES string of the molecule is O=C(O)C1=NN(c2ccccc2)C(C(=O)O)=NN1c1ccccc1.